The van der Waals surface area contributed by atoms with Gasteiger partial charge in [0.05, 0.1) is 12.7 Å². The minimum atomic E-state index is 0.601. The van der Waals surface area contributed by atoms with Crippen molar-refractivity contribution in [1.29, 1.82) is 0 Å². The fourth-order valence-electron chi connectivity index (χ4n) is 2.61. The summed E-state index contributed by atoms with van der Waals surface area (Å²) in [6.07, 6.45) is 4.24. The van der Waals surface area contributed by atoms with Crippen LogP contribution in [0, 0.1) is 12.8 Å². The normalized spacial score (nSPS) is 22.3. The average Bonchev–Trinajstić information content (AvgIpc) is 2.56. The van der Waals surface area contributed by atoms with Crippen LogP contribution in [-0.2, 0) is 6.54 Å². The zero-order valence-corrected chi connectivity index (χ0v) is 11.8. The molecule has 1 aliphatic heterocycles. The summed E-state index contributed by atoms with van der Waals surface area (Å²) in [6.45, 7) is 10.7. The molecule has 4 nitrogen and oxygen atoms in total. The number of nitrogens with zero attached hydrogens (tertiary/aromatic N) is 2. The van der Waals surface area contributed by atoms with E-state index < -0.39 is 0 Å². The van der Waals surface area contributed by atoms with Crippen molar-refractivity contribution in [3.05, 3.63) is 17.8 Å². The molecule has 0 aliphatic carbocycles. The van der Waals surface area contributed by atoms with E-state index in [1.165, 1.54) is 12.8 Å². The second-order valence-electron chi connectivity index (χ2n) is 5.73. The van der Waals surface area contributed by atoms with Crippen molar-refractivity contribution in [3.63, 3.8) is 0 Å². The summed E-state index contributed by atoms with van der Waals surface area (Å²) in [5, 5.41) is 3.64. The Morgan fingerprint density at radius 1 is 1.56 bits per heavy atom. The lowest BCUT2D eigenvalue weighted by molar-refractivity contribution is 0.224. The maximum absolute atomic E-state index is 5.57. The Kier molecular flexibility index (Phi) is 4.78. The molecule has 1 aliphatic rings. The third-order valence-electron chi connectivity index (χ3n) is 3.35. The van der Waals surface area contributed by atoms with E-state index in [0.717, 1.165) is 43.7 Å². The van der Waals surface area contributed by atoms with Crippen molar-refractivity contribution < 1.29 is 4.42 Å². The number of nitrogens with one attached hydrogen (secondary N) is 1. The molecule has 2 rings (SSSR count). The number of aromatic nitrogens is 1. The molecule has 102 valence electrons. The van der Waals surface area contributed by atoms with Crippen LogP contribution in [-0.4, -0.2) is 35.6 Å². The molecule has 0 saturated carbocycles. The highest BCUT2D eigenvalue weighted by atomic mass is 16.4. The maximum Gasteiger partial charge on any atom is 0.208 e. The fraction of sp³-hybridized carbons (Fsp3) is 0.786. The fourth-order valence-corrected chi connectivity index (χ4v) is 2.61. The number of hydrogen-bond acceptors (Lipinski definition) is 4. The first-order chi connectivity index (χ1) is 8.63. The number of aryl methyl sites for hydroxylation is 1. The van der Waals surface area contributed by atoms with Gasteiger partial charge >= 0.3 is 0 Å². The molecule has 0 radical (unpaired) electrons. The van der Waals surface area contributed by atoms with Crippen LogP contribution in [0.15, 0.2) is 10.6 Å². The van der Waals surface area contributed by atoms with Gasteiger partial charge in [-0.05, 0) is 38.8 Å². The van der Waals surface area contributed by atoms with E-state index in [0.29, 0.717) is 6.04 Å². The van der Waals surface area contributed by atoms with E-state index in [4.69, 9.17) is 4.42 Å². The molecule has 0 spiro atoms. The first-order valence-corrected chi connectivity index (χ1v) is 7.00. The summed E-state index contributed by atoms with van der Waals surface area (Å²) in [6, 6.07) is 0.601. The molecule has 4 heteroatoms. The summed E-state index contributed by atoms with van der Waals surface area (Å²) >= 11 is 0. The summed E-state index contributed by atoms with van der Waals surface area (Å²) in [4.78, 5) is 6.75. The predicted molar refractivity (Wildman–Crippen MR) is 72.4 cm³/mol. The molecule has 1 aromatic rings. The van der Waals surface area contributed by atoms with Gasteiger partial charge in [-0.1, -0.05) is 13.8 Å². The Hall–Kier alpha value is -0.870. The van der Waals surface area contributed by atoms with E-state index in [9.17, 15) is 0 Å². The molecule has 2 heterocycles. The molecule has 1 atom stereocenters. The molecule has 1 N–H and O–H groups in total. The van der Waals surface area contributed by atoms with E-state index in [2.05, 4.69) is 29.0 Å². The van der Waals surface area contributed by atoms with Crippen molar-refractivity contribution in [2.24, 2.45) is 5.92 Å². The maximum atomic E-state index is 5.57. The third-order valence-corrected chi connectivity index (χ3v) is 3.35. The van der Waals surface area contributed by atoms with Crippen molar-refractivity contribution in [2.45, 2.75) is 46.2 Å². The van der Waals surface area contributed by atoms with Crippen molar-refractivity contribution in [2.75, 3.05) is 19.6 Å². The third kappa shape index (κ3) is 4.10. The van der Waals surface area contributed by atoms with Gasteiger partial charge in [0.1, 0.15) is 5.76 Å². The highest BCUT2D eigenvalue weighted by Gasteiger charge is 2.19. The summed E-state index contributed by atoms with van der Waals surface area (Å²) in [7, 11) is 0. The Morgan fingerprint density at radius 2 is 2.39 bits per heavy atom. The Morgan fingerprint density at radius 3 is 3.06 bits per heavy atom. The van der Waals surface area contributed by atoms with Crippen LogP contribution in [0.3, 0.4) is 0 Å². The highest BCUT2D eigenvalue weighted by Crippen LogP contribution is 2.12. The van der Waals surface area contributed by atoms with Crippen molar-refractivity contribution in [1.82, 2.24) is 15.2 Å². The Bertz CT molecular complexity index is 362. The molecule has 1 unspecified atom stereocenters. The second-order valence-corrected chi connectivity index (χ2v) is 5.73. The van der Waals surface area contributed by atoms with Gasteiger partial charge in [-0.15, -0.1) is 0 Å². The van der Waals surface area contributed by atoms with Gasteiger partial charge in [0, 0.05) is 12.6 Å². The summed E-state index contributed by atoms with van der Waals surface area (Å²) in [5.74, 6) is 2.49. The lowest BCUT2D eigenvalue weighted by Gasteiger charge is -2.24. The molecule has 0 amide bonds. The summed E-state index contributed by atoms with van der Waals surface area (Å²) < 4.78 is 5.57. The van der Waals surface area contributed by atoms with Gasteiger partial charge in [0.2, 0.25) is 5.89 Å². The summed E-state index contributed by atoms with van der Waals surface area (Å²) in [5.41, 5.74) is 0. The Balaban J connectivity index is 1.90. The minimum Gasteiger partial charge on any atom is -0.445 e. The number of hydrogen-bond donors (Lipinski definition) is 1. The zero-order chi connectivity index (χ0) is 13.0. The van der Waals surface area contributed by atoms with Crippen LogP contribution in [0.5, 0.6) is 0 Å². The predicted octanol–water partition coefficient (Wildman–Crippen LogP) is 2.19. The number of oxazole rings is 1. The topological polar surface area (TPSA) is 41.3 Å². The van der Waals surface area contributed by atoms with Gasteiger partial charge in [-0.3, -0.25) is 4.90 Å². The average molecular weight is 251 g/mol. The van der Waals surface area contributed by atoms with E-state index in [1.807, 2.05) is 6.92 Å². The van der Waals surface area contributed by atoms with E-state index in [-0.39, 0.29) is 0 Å². The molecule has 0 bridgehead atoms. The van der Waals surface area contributed by atoms with Crippen LogP contribution in [0.2, 0.25) is 0 Å². The first kappa shape index (κ1) is 13.6. The van der Waals surface area contributed by atoms with Crippen molar-refractivity contribution >= 4 is 0 Å². The highest BCUT2D eigenvalue weighted by molar-refractivity contribution is 4.91. The van der Waals surface area contributed by atoms with Gasteiger partial charge < -0.3 is 9.73 Å². The standard InChI is InChI=1S/C14H25N3O/c1-11(2)7-13-9-17(6-4-5-15-13)10-14-16-8-12(3)18-14/h8,11,13,15H,4-7,9-10H2,1-3H3. The largest absolute Gasteiger partial charge is 0.445 e. The SMILES string of the molecule is Cc1cnc(CN2CCCNC(CC(C)C)C2)o1. The molecule has 1 saturated heterocycles. The minimum absolute atomic E-state index is 0.601. The van der Waals surface area contributed by atoms with Gasteiger partial charge in [-0.2, -0.15) is 0 Å². The smallest absolute Gasteiger partial charge is 0.208 e. The van der Waals surface area contributed by atoms with Crippen LogP contribution in [0.25, 0.3) is 0 Å². The van der Waals surface area contributed by atoms with Gasteiger partial charge in [0.15, 0.2) is 0 Å². The number of rotatable bonds is 4. The van der Waals surface area contributed by atoms with Crippen LogP contribution in [0.1, 0.15) is 38.3 Å². The molecule has 1 fully saturated rings. The first-order valence-electron chi connectivity index (χ1n) is 7.00. The van der Waals surface area contributed by atoms with Crippen LogP contribution < -0.4 is 5.32 Å². The van der Waals surface area contributed by atoms with Gasteiger partial charge in [-0.25, -0.2) is 4.98 Å². The van der Waals surface area contributed by atoms with E-state index in [1.54, 1.807) is 6.20 Å². The molecule has 1 aromatic heterocycles. The lowest BCUT2D eigenvalue weighted by Crippen LogP contribution is -2.38. The monoisotopic (exact) mass is 251 g/mol. The molecular weight excluding hydrogens is 226 g/mol. The van der Waals surface area contributed by atoms with Crippen molar-refractivity contribution in [3.8, 4) is 0 Å². The zero-order valence-electron chi connectivity index (χ0n) is 11.8. The Labute approximate surface area is 110 Å². The second kappa shape index (κ2) is 6.34. The van der Waals surface area contributed by atoms with Gasteiger partial charge in [0.25, 0.3) is 0 Å². The molecular formula is C14H25N3O. The van der Waals surface area contributed by atoms with E-state index >= 15 is 0 Å². The molecule has 18 heavy (non-hydrogen) atoms. The van der Waals surface area contributed by atoms with Crippen LogP contribution in [0.4, 0.5) is 0 Å². The quantitative estimate of drug-likeness (QED) is 0.890. The lowest BCUT2D eigenvalue weighted by atomic mass is 10.0. The van der Waals surface area contributed by atoms with Crippen LogP contribution >= 0.6 is 0 Å². The molecule has 0 aromatic carbocycles.